The Balaban J connectivity index is 3.21. The summed E-state index contributed by atoms with van der Waals surface area (Å²) in [5, 5.41) is 19.8. The zero-order valence-corrected chi connectivity index (χ0v) is 9.84. The molecule has 1 aromatic carbocycles. The Morgan fingerprint density at radius 1 is 1.29 bits per heavy atom. The molecule has 0 aliphatic carbocycles. The van der Waals surface area contributed by atoms with Crippen LogP contribution in [0.5, 0.6) is 0 Å². The normalized spacial score (nSPS) is 11.2. The van der Waals surface area contributed by atoms with E-state index in [2.05, 4.69) is 0 Å². The second-order valence-electron chi connectivity index (χ2n) is 3.90. The van der Waals surface area contributed by atoms with Crippen LogP contribution in [0.3, 0.4) is 0 Å². The molecule has 0 amide bonds. The molecule has 92 valence electrons. The third kappa shape index (κ3) is 2.27. The number of hydrogen-bond donors (Lipinski definition) is 1. The molecule has 0 radical (unpaired) electrons. The molecule has 1 N–H and O–H groups in total. The van der Waals surface area contributed by atoms with Gasteiger partial charge in [-0.15, -0.1) is 0 Å². The molecule has 0 bridgehead atoms. The summed E-state index contributed by atoms with van der Waals surface area (Å²) in [6, 6.07) is 5.75. The zero-order chi connectivity index (χ0) is 13.1. The highest BCUT2D eigenvalue weighted by molar-refractivity contribution is 5.81. The van der Waals surface area contributed by atoms with Crippen molar-refractivity contribution in [2.24, 2.45) is 0 Å². The van der Waals surface area contributed by atoms with Gasteiger partial charge in [0.15, 0.2) is 0 Å². The first-order valence-corrected chi connectivity index (χ1v) is 5.46. The minimum Gasteiger partial charge on any atom is -0.481 e. The minimum absolute atomic E-state index is 0.0276. The standard InChI is InChI=1S/C12H15NO4/c1-3-12(4-2,11(14)15)9-5-7-10(8-6-9)13(16)17/h5-8H,3-4H2,1-2H3,(H,14,15). The van der Waals surface area contributed by atoms with E-state index in [4.69, 9.17) is 0 Å². The SMILES string of the molecule is CCC(CC)(C(=O)O)c1ccc([N+](=O)[O-])cc1. The molecule has 17 heavy (non-hydrogen) atoms. The van der Waals surface area contributed by atoms with E-state index in [1.807, 2.05) is 0 Å². The van der Waals surface area contributed by atoms with E-state index in [1.54, 1.807) is 13.8 Å². The lowest BCUT2D eigenvalue weighted by atomic mass is 9.76. The molecular weight excluding hydrogens is 222 g/mol. The van der Waals surface area contributed by atoms with Crippen LogP contribution in [-0.2, 0) is 10.2 Å². The second-order valence-corrected chi connectivity index (χ2v) is 3.90. The third-order valence-electron chi connectivity index (χ3n) is 3.25. The smallest absolute Gasteiger partial charge is 0.314 e. The summed E-state index contributed by atoms with van der Waals surface area (Å²) in [7, 11) is 0. The highest BCUT2D eigenvalue weighted by Crippen LogP contribution is 2.32. The number of rotatable bonds is 5. The molecule has 1 rings (SSSR count). The van der Waals surface area contributed by atoms with Crippen LogP contribution in [0, 0.1) is 10.1 Å². The maximum absolute atomic E-state index is 11.4. The van der Waals surface area contributed by atoms with Gasteiger partial charge in [-0.05, 0) is 18.4 Å². The van der Waals surface area contributed by atoms with Crippen LogP contribution in [0.4, 0.5) is 5.69 Å². The summed E-state index contributed by atoms with van der Waals surface area (Å²) >= 11 is 0. The highest BCUT2D eigenvalue weighted by atomic mass is 16.6. The van der Waals surface area contributed by atoms with Gasteiger partial charge in [0, 0.05) is 12.1 Å². The maximum Gasteiger partial charge on any atom is 0.314 e. The Morgan fingerprint density at radius 2 is 1.76 bits per heavy atom. The van der Waals surface area contributed by atoms with Gasteiger partial charge < -0.3 is 5.11 Å². The predicted molar refractivity (Wildman–Crippen MR) is 63.0 cm³/mol. The molecule has 0 aromatic heterocycles. The molecule has 1 aromatic rings. The second kappa shape index (κ2) is 4.95. The van der Waals surface area contributed by atoms with Gasteiger partial charge in [-0.3, -0.25) is 14.9 Å². The van der Waals surface area contributed by atoms with Crippen LogP contribution in [-0.4, -0.2) is 16.0 Å². The fraction of sp³-hybridized carbons (Fsp3) is 0.417. The molecule has 0 saturated heterocycles. The number of nitrogens with zero attached hydrogens (tertiary/aromatic N) is 1. The van der Waals surface area contributed by atoms with E-state index < -0.39 is 16.3 Å². The van der Waals surface area contributed by atoms with E-state index in [1.165, 1.54) is 24.3 Å². The number of non-ortho nitro benzene ring substituents is 1. The Morgan fingerprint density at radius 3 is 2.06 bits per heavy atom. The number of aliphatic carboxylic acids is 1. The van der Waals surface area contributed by atoms with Crippen molar-refractivity contribution in [2.45, 2.75) is 32.1 Å². The van der Waals surface area contributed by atoms with Crippen molar-refractivity contribution in [2.75, 3.05) is 0 Å². The van der Waals surface area contributed by atoms with Gasteiger partial charge in [0.2, 0.25) is 0 Å². The number of carbonyl (C=O) groups is 1. The minimum atomic E-state index is -0.949. The van der Waals surface area contributed by atoms with Gasteiger partial charge >= 0.3 is 5.97 Å². The van der Waals surface area contributed by atoms with Crippen LogP contribution in [0.2, 0.25) is 0 Å². The lowest BCUT2D eigenvalue weighted by molar-refractivity contribution is -0.384. The third-order valence-corrected chi connectivity index (χ3v) is 3.25. The summed E-state index contributed by atoms with van der Waals surface area (Å²) in [5.74, 6) is -0.892. The van der Waals surface area contributed by atoms with Gasteiger partial charge in [-0.25, -0.2) is 0 Å². The quantitative estimate of drug-likeness (QED) is 0.630. The molecule has 0 saturated carbocycles. The van der Waals surface area contributed by atoms with Gasteiger partial charge in [-0.1, -0.05) is 26.0 Å². The predicted octanol–water partition coefficient (Wildman–Crippen LogP) is 2.74. The number of nitro groups is 1. The van der Waals surface area contributed by atoms with Crippen molar-refractivity contribution in [1.82, 2.24) is 0 Å². The summed E-state index contributed by atoms with van der Waals surface area (Å²) in [5.41, 5.74) is -0.365. The van der Waals surface area contributed by atoms with Crippen LogP contribution in [0.15, 0.2) is 24.3 Å². The molecule has 0 aliphatic rings. The first-order chi connectivity index (χ1) is 7.97. The van der Waals surface area contributed by atoms with Crippen molar-refractivity contribution >= 4 is 11.7 Å². The first-order valence-electron chi connectivity index (χ1n) is 5.46. The number of benzene rings is 1. The van der Waals surface area contributed by atoms with E-state index in [-0.39, 0.29) is 5.69 Å². The molecule has 0 fully saturated rings. The molecule has 5 heteroatoms. The average Bonchev–Trinajstić information content (AvgIpc) is 2.31. The van der Waals surface area contributed by atoms with Crippen LogP contribution >= 0.6 is 0 Å². The van der Waals surface area contributed by atoms with E-state index in [0.29, 0.717) is 18.4 Å². The summed E-state index contributed by atoms with van der Waals surface area (Å²) < 4.78 is 0. The molecule has 0 aliphatic heterocycles. The highest BCUT2D eigenvalue weighted by Gasteiger charge is 2.36. The topological polar surface area (TPSA) is 80.4 Å². The van der Waals surface area contributed by atoms with Gasteiger partial charge in [0.1, 0.15) is 0 Å². The summed E-state index contributed by atoms with van der Waals surface area (Å²) in [6.07, 6.45) is 0.910. The summed E-state index contributed by atoms with van der Waals surface area (Å²) in [4.78, 5) is 21.4. The molecule has 0 atom stereocenters. The van der Waals surface area contributed by atoms with E-state index >= 15 is 0 Å². The van der Waals surface area contributed by atoms with Crippen molar-refractivity contribution in [1.29, 1.82) is 0 Å². The molecule has 0 spiro atoms. The average molecular weight is 237 g/mol. The Bertz CT molecular complexity index is 421. The van der Waals surface area contributed by atoms with Crippen molar-refractivity contribution in [3.63, 3.8) is 0 Å². The number of carboxylic acid groups (broad SMARTS) is 1. The Labute approximate surface area is 99.2 Å². The Hall–Kier alpha value is -1.91. The van der Waals surface area contributed by atoms with Crippen molar-refractivity contribution < 1.29 is 14.8 Å². The van der Waals surface area contributed by atoms with E-state index in [0.717, 1.165) is 0 Å². The van der Waals surface area contributed by atoms with Crippen molar-refractivity contribution in [3.05, 3.63) is 39.9 Å². The van der Waals surface area contributed by atoms with Crippen molar-refractivity contribution in [3.8, 4) is 0 Å². The van der Waals surface area contributed by atoms with Gasteiger partial charge in [0.05, 0.1) is 10.3 Å². The zero-order valence-electron chi connectivity index (χ0n) is 9.84. The summed E-state index contributed by atoms with van der Waals surface area (Å²) in [6.45, 7) is 3.61. The van der Waals surface area contributed by atoms with Crippen LogP contribution in [0.1, 0.15) is 32.3 Å². The fourth-order valence-electron chi connectivity index (χ4n) is 1.99. The van der Waals surface area contributed by atoms with Gasteiger partial charge in [-0.2, -0.15) is 0 Å². The fourth-order valence-corrected chi connectivity index (χ4v) is 1.99. The number of nitro benzene ring substituents is 1. The molecular formula is C12H15NO4. The van der Waals surface area contributed by atoms with Crippen LogP contribution in [0.25, 0.3) is 0 Å². The van der Waals surface area contributed by atoms with E-state index in [9.17, 15) is 20.0 Å². The molecule has 0 unspecified atom stereocenters. The van der Waals surface area contributed by atoms with Gasteiger partial charge in [0.25, 0.3) is 5.69 Å². The monoisotopic (exact) mass is 237 g/mol. The largest absolute Gasteiger partial charge is 0.481 e. The Kier molecular flexibility index (Phi) is 3.83. The van der Waals surface area contributed by atoms with Crippen LogP contribution < -0.4 is 0 Å². The molecule has 5 nitrogen and oxygen atoms in total. The first kappa shape index (κ1) is 13.2. The number of hydrogen-bond acceptors (Lipinski definition) is 3. The lowest BCUT2D eigenvalue weighted by Gasteiger charge is -2.27. The molecule has 0 heterocycles. The maximum atomic E-state index is 11.4. The number of carboxylic acids is 1. The lowest BCUT2D eigenvalue weighted by Crippen LogP contribution is -2.34.